The largest absolute Gasteiger partial charge is 0.498 e. The highest BCUT2D eigenvalue weighted by Gasteiger charge is 2.56. The molecule has 0 radical (unpaired) electrons. The van der Waals surface area contributed by atoms with Gasteiger partial charge in [-0.25, -0.2) is 0 Å². The van der Waals surface area contributed by atoms with E-state index in [9.17, 15) is 0 Å². The molecule has 4 bridgehead atoms. The molecule has 4 saturated carbocycles. The van der Waals surface area contributed by atoms with E-state index in [0.29, 0.717) is 0 Å². The molecule has 0 spiro atoms. The van der Waals surface area contributed by atoms with Gasteiger partial charge in [-0.1, -0.05) is 32.9 Å². The van der Waals surface area contributed by atoms with Gasteiger partial charge in [0.2, 0.25) is 0 Å². The molecular weight excluding hydrogens is 411 g/mol. The monoisotopic (exact) mass is 454 g/mol. The second kappa shape index (κ2) is 7.73. The first-order valence-electron chi connectivity index (χ1n) is 13.0. The average molecular weight is 454 g/mol. The number of methoxy groups -OCH3 is 1. The Hall–Kier alpha value is -1.04. The Balaban J connectivity index is 1.68. The summed E-state index contributed by atoms with van der Waals surface area (Å²) in [6, 6.07) is 4.74. The molecular formula is C28H43BO4. The minimum Gasteiger partial charge on any atom is -0.468 e. The molecule has 5 fully saturated rings. The maximum Gasteiger partial charge on any atom is 0.498 e. The molecule has 1 heterocycles. The highest BCUT2D eigenvalue weighted by Crippen LogP contribution is 2.62. The molecule has 0 atom stereocenters. The summed E-state index contributed by atoms with van der Waals surface area (Å²) in [6.45, 7) is 15.6. The highest BCUT2D eigenvalue weighted by molar-refractivity contribution is 6.63. The van der Waals surface area contributed by atoms with E-state index in [0.717, 1.165) is 29.0 Å². The van der Waals surface area contributed by atoms with Crippen molar-refractivity contribution >= 4 is 12.6 Å². The second-order valence-corrected chi connectivity index (χ2v) is 13.5. The van der Waals surface area contributed by atoms with E-state index in [-0.39, 0.29) is 17.6 Å². The lowest BCUT2D eigenvalue weighted by Crippen LogP contribution is -2.49. The summed E-state index contributed by atoms with van der Waals surface area (Å²) in [5.41, 5.74) is 3.19. The standard InChI is InChI=1S/C28H43BO4/c1-25(2,3)21-12-22(28-14-18-9-19(15-28)11-20(10-18)16-28)24(31-17-30-8)23(13-21)29-32-26(4,5)27(6,7)33-29/h12-13,18-20H,9-11,14-17H2,1-8H3. The summed E-state index contributed by atoms with van der Waals surface area (Å²) in [4.78, 5) is 0. The van der Waals surface area contributed by atoms with E-state index >= 15 is 0 Å². The predicted octanol–water partition coefficient (Wildman–Crippen LogP) is 5.73. The van der Waals surface area contributed by atoms with E-state index in [1.54, 1.807) is 7.11 Å². The summed E-state index contributed by atoms with van der Waals surface area (Å²) in [7, 11) is 1.25. The molecule has 5 heteroatoms. The maximum atomic E-state index is 6.57. The fourth-order valence-corrected chi connectivity index (χ4v) is 7.34. The third kappa shape index (κ3) is 3.96. The van der Waals surface area contributed by atoms with Crippen LogP contribution in [0.5, 0.6) is 5.75 Å². The van der Waals surface area contributed by atoms with Crippen molar-refractivity contribution in [3.8, 4) is 5.75 Å². The van der Waals surface area contributed by atoms with Crippen molar-refractivity contribution in [2.24, 2.45) is 17.8 Å². The molecule has 4 aliphatic carbocycles. The molecule has 0 aromatic heterocycles. The summed E-state index contributed by atoms with van der Waals surface area (Å²) < 4.78 is 25.0. The molecule has 1 saturated heterocycles. The third-order valence-corrected chi connectivity index (χ3v) is 9.42. The van der Waals surface area contributed by atoms with Crippen molar-refractivity contribution in [3.05, 3.63) is 23.3 Å². The first kappa shape index (κ1) is 23.7. The van der Waals surface area contributed by atoms with Crippen molar-refractivity contribution in [2.45, 2.75) is 109 Å². The molecule has 1 aromatic carbocycles. The molecule has 1 aromatic rings. The van der Waals surface area contributed by atoms with Crippen LogP contribution in [0, 0.1) is 17.8 Å². The van der Waals surface area contributed by atoms with Crippen LogP contribution in [0.25, 0.3) is 0 Å². The molecule has 0 unspecified atom stereocenters. The van der Waals surface area contributed by atoms with Gasteiger partial charge in [0, 0.05) is 18.1 Å². The second-order valence-electron chi connectivity index (χ2n) is 13.5. The molecule has 0 amide bonds. The van der Waals surface area contributed by atoms with Crippen LogP contribution in [0.15, 0.2) is 12.1 Å². The topological polar surface area (TPSA) is 36.9 Å². The predicted molar refractivity (Wildman–Crippen MR) is 133 cm³/mol. The van der Waals surface area contributed by atoms with E-state index in [1.807, 2.05) is 0 Å². The molecule has 0 N–H and O–H groups in total. The molecule has 5 aliphatic rings. The molecule has 33 heavy (non-hydrogen) atoms. The highest BCUT2D eigenvalue weighted by atomic mass is 16.7. The van der Waals surface area contributed by atoms with Gasteiger partial charge in [-0.3, -0.25) is 0 Å². The van der Waals surface area contributed by atoms with Crippen molar-refractivity contribution in [1.82, 2.24) is 0 Å². The minimum atomic E-state index is -0.447. The van der Waals surface area contributed by atoms with Crippen LogP contribution in [-0.2, 0) is 24.9 Å². The van der Waals surface area contributed by atoms with Gasteiger partial charge in [-0.2, -0.15) is 0 Å². The maximum absolute atomic E-state index is 6.57. The van der Waals surface area contributed by atoms with Gasteiger partial charge >= 0.3 is 7.12 Å². The van der Waals surface area contributed by atoms with E-state index < -0.39 is 18.3 Å². The molecule has 6 rings (SSSR count). The number of benzene rings is 1. The minimum absolute atomic E-state index is 0.0230. The molecule has 182 valence electrons. The van der Waals surface area contributed by atoms with Crippen LogP contribution in [0.2, 0.25) is 0 Å². The van der Waals surface area contributed by atoms with E-state index in [2.05, 4.69) is 60.6 Å². The lowest BCUT2D eigenvalue weighted by atomic mass is 9.47. The summed E-state index contributed by atoms with van der Waals surface area (Å²) >= 11 is 0. The number of rotatable bonds is 5. The lowest BCUT2D eigenvalue weighted by Gasteiger charge is -2.57. The van der Waals surface area contributed by atoms with Crippen molar-refractivity contribution in [2.75, 3.05) is 13.9 Å². The number of hydrogen-bond donors (Lipinski definition) is 0. The molecule has 4 nitrogen and oxygen atoms in total. The summed E-state index contributed by atoms with van der Waals surface area (Å²) in [6.07, 6.45) is 8.15. The Morgan fingerprint density at radius 1 is 0.909 bits per heavy atom. The Labute approximate surface area is 201 Å². The third-order valence-electron chi connectivity index (χ3n) is 9.42. The Morgan fingerprint density at radius 2 is 1.42 bits per heavy atom. The quantitative estimate of drug-likeness (QED) is 0.420. The Bertz CT molecular complexity index is 862. The summed E-state index contributed by atoms with van der Waals surface area (Å²) in [5.74, 6) is 3.55. The van der Waals surface area contributed by atoms with Crippen molar-refractivity contribution in [1.29, 1.82) is 0 Å². The number of hydrogen-bond acceptors (Lipinski definition) is 4. The fraction of sp³-hybridized carbons (Fsp3) is 0.786. The van der Waals surface area contributed by atoms with Crippen LogP contribution in [0.3, 0.4) is 0 Å². The fourth-order valence-electron chi connectivity index (χ4n) is 7.34. The van der Waals surface area contributed by atoms with E-state index in [1.165, 1.54) is 49.7 Å². The van der Waals surface area contributed by atoms with Gasteiger partial charge in [0.1, 0.15) is 5.75 Å². The first-order chi connectivity index (χ1) is 15.3. The number of ether oxygens (including phenoxy) is 2. The van der Waals surface area contributed by atoms with Crippen LogP contribution >= 0.6 is 0 Å². The first-order valence-corrected chi connectivity index (χ1v) is 13.0. The van der Waals surface area contributed by atoms with Crippen molar-refractivity contribution in [3.63, 3.8) is 0 Å². The van der Waals surface area contributed by atoms with Gasteiger partial charge in [0.05, 0.1) is 11.2 Å². The Kier molecular flexibility index (Phi) is 5.55. The zero-order chi connectivity index (χ0) is 23.8. The van der Waals surface area contributed by atoms with Gasteiger partial charge < -0.3 is 18.8 Å². The van der Waals surface area contributed by atoms with Crippen LogP contribution < -0.4 is 10.2 Å². The van der Waals surface area contributed by atoms with Gasteiger partial charge in [0.15, 0.2) is 6.79 Å². The van der Waals surface area contributed by atoms with Crippen molar-refractivity contribution < 1.29 is 18.8 Å². The van der Waals surface area contributed by atoms with Crippen LogP contribution in [0.1, 0.15) is 98.1 Å². The van der Waals surface area contributed by atoms with E-state index in [4.69, 9.17) is 18.8 Å². The molecule has 1 aliphatic heterocycles. The zero-order valence-corrected chi connectivity index (χ0v) is 22.0. The van der Waals surface area contributed by atoms with Gasteiger partial charge in [-0.05, 0) is 100 Å². The normalized spacial score (nSPS) is 34.2. The summed E-state index contributed by atoms with van der Waals surface area (Å²) in [5, 5.41) is 0. The zero-order valence-electron chi connectivity index (χ0n) is 22.0. The van der Waals surface area contributed by atoms with Gasteiger partial charge in [0.25, 0.3) is 0 Å². The van der Waals surface area contributed by atoms with Crippen LogP contribution in [-0.4, -0.2) is 32.2 Å². The lowest BCUT2D eigenvalue weighted by molar-refractivity contribution is -0.00877. The smallest absolute Gasteiger partial charge is 0.468 e. The Morgan fingerprint density at radius 3 is 1.88 bits per heavy atom. The van der Waals surface area contributed by atoms with Crippen LogP contribution in [0.4, 0.5) is 0 Å². The van der Waals surface area contributed by atoms with Gasteiger partial charge in [-0.15, -0.1) is 0 Å². The average Bonchev–Trinajstić information content (AvgIpc) is 2.91. The SMILES string of the molecule is COCOc1c(B2OC(C)(C)C(C)(C)O2)cc(C(C)(C)C)cc1C12CC3CC(CC(C3)C1)C2.